The lowest BCUT2D eigenvalue weighted by atomic mass is 9.97. The van der Waals surface area contributed by atoms with Gasteiger partial charge in [0.15, 0.2) is 0 Å². The Hall–Kier alpha value is -1.98. The second-order valence-electron chi connectivity index (χ2n) is 3.93. The normalized spacial score (nSPS) is 12.4. The van der Waals surface area contributed by atoms with Gasteiger partial charge in [0, 0.05) is 11.8 Å². The summed E-state index contributed by atoms with van der Waals surface area (Å²) >= 11 is 0. The first kappa shape index (κ1) is 12.5. The molecule has 0 saturated carbocycles. The SMILES string of the molecule is NNC(c1cc(F)cc(F)c1)c1ccccc1N. The molecule has 18 heavy (non-hydrogen) atoms. The third kappa shape index (κ3) is 2.47. The Labute approximate surface area is 103 Å². The molecule has 1 unspecified atom stereocenters. The molecule has 5 N–H and O–H groups in total. The largest absolute Gasteiger partial charge is 0.398 e. The summed E-state index contributed by atoms with van der Waals surface area (Å²) in [6.45, 7) is 0. The molecular formula is C13H13F2N3. The van der Waals surface area contributed by atoms with Crippen LogP contribution >= 0.6 is 0 Å². The van der Waals surface area contributed by atoms with Gasteiger partial charge in [-0.2, -0.15) is 0 Å². The van der Waals surface area contributed by atoms with Crippen LogP contribution in [0.5, 0.6) is 0 Å². The van der Waals surface area contributed by atoms with Crippen LogP contribution in [0.4, 0.5) is 14.5 Å². The highest BCUT2D eigenvalue weighted by Gasteiger charge is 2.16. The smallest absolute Gasteiger partial charge is 0.126 e. The molecule has 0 amide bonds. The molecule has 0 aromatic heterocycles. The standard InChI is InChI=1S/C13H13F2N3/c14-9-5-8(6-10(15)7-9)13(18-17)11-3-1-2-4-12(11)16/h1-7,13,18H,16-17H2. The first-order chi connectivity index (χ1) is 8.61. The van der Waals surface area contributed by atoms with Gasteiger partial charge < -0.3 is 5.73 Å². The summed E-state index contributed by atoms with van der Waals surface area (Å²) in [6.07, 6.45) is 0. The van der Waals surface area contributed by atoms with Crippen LogP contribution < -0.4 is 17.0 Å². The number of para-hydroxylation sites is 1. The maximum absolute atomic E-state index is 13.2. The van der Waals surface area contributed by atoms with Gasteiger partial charge >= 0.3 is 0 Å². The van der Waals surface area contributed by atoms with E-state index in [1.807, 2.05) is 0 Å². The quantitative estimate of drug-likeness (QED) is 0.443. The van der Waals surface area contributed by atoms with E-state index in [-0.39, 0.29) is 0 Å². The number of anilines is 1. The Kier molecular flexibility index (Phi) is 3.55. The van der Waals surface area contributed by atoms with Crippen molar-refractivity contribution in [3.05, 3.63) is 65.2 Å². The molecule has 94 valence electrons. The van der Waals surface area contributed by atoms with Crippen molar-refractivity contribution in [3.8, 4) is 0 Å². The van der Waals surface area contributed by atoms with Crippen LogP contribution in [-0.4, -0.2) is 0 Å². The van der Waals surface area contributed by atoms with E-state index >= 15 is 0 Å². The Morgan fingerprint density at radius 1 is 1.00 bits per heavy atom. The average molecular weight is 249 g/mol. The zero-order valence-corrected chi connectivity index (χ0v) is 9.53. The number of nitrogen functional groups attached to an aromatic ring is 1. The molecule has 0 heterocycles. The summed E-state index contributed by atoms with van der Waals surface area (Å²) in [7, 11) is 0. The van der Waals surface area contributed by atoms with Gasteiger partial charge in [-0.05, 0) is 29.3 Å². The van der Waals surface area contributed by atoms with Crippen molar-refractivity contribution in [2.24, 2.45) is 5.84 Å². The Morgan fingerprint density at radius 2 is 1.61 bits per heavy atom. The van der Waals surface area contributed by atoms with Crippen molar-refractivity contribution >= 4 is 5.69 Å². The lowest BCUT2D eigenvalue weighted by Gasteiger charge is -2.18. The van der Waals surface area contributed by atoms with Crippen LogP contribution in [0.1, 0.15) is 17.2 Å². The monoisotopic (exact) mass is 249 g/mol. The fourth-order valence-corrected chi connectivity index (χ4v) is 1.88. The molecule has 2 aromatic carbocycles. The van der Waals surface area contributed by atoms with Gasteiger partial charge in [-0.3, -0.25) is 5.84 Å². The summed E-state index contributed by atoms with van der Waals surface area (Å²) in [5.74, 6) is 4.15. The lowest BCUT2D eigenvalue weighted by molar-refractivity contribution is 0.566. The van der Waals surface area contributed by atoms with Gasteiger partial charge in [-0.15, -0.1) is 0 Å². The molecule has 1 atom stereocenters. The third-order valence-corrected chi connectivity index (χ3v) is 2.69. The number of benzene rings is 2. The predicted octanol–water partition coefficient (Wildman–Crippen LogP) is 2.10. The second-order valence-corrected chi connectivity index (χ2v) is 3.93. The van der Waals surface area contributed by atoms with Gasteiger partial charge in [-0.1, -0.05) is 18.2 Å². The highest BCUT2D eigenvalue weighted by atomic mass is 19.1. The Balaban J connectivity index is 2.48. The van der Waals surface area contributed by atoms with Crippen molar-refractivity contribution in [1.82, 2.24) is 5.43 Å². The number of nitrogens with two attached hydrogens (primary N) is 2. The molecule has 0 bridgehead atoms. The van der Waals surface area contributed by atoms with Crippen molar-refractivity contribution in [2.75, 3.05) is 5.73 Å². The van der Waals surface area contributed by atoms with Gasteiger partial charge in [0.05, 0.1) is 6.04 Å². The maximum Gasteiger partial charge on any atom is 0.126 e. The highest BCUT2D eigenvalue weighted by Crippen LogP contribution is 2.26. The van der Waals surface area contributed by atoms with Crippen LogP contribution in [-0.2, 0) is 0 Å². The van der Waals surface area contributed by atoms with E-state index in [9.17, 15) is 8.78 Å². The minimum atomic E-state index is -0.653. The molecular weight excluding hydrogens is 236 g/mol. The lowest BCUT2D eigenvalue weighted by Crippen LogP contribution is -2.29. The van der Waals surface area contributed by atoms with E-state index in [0.717, 1.165) is 6.07 Å². The molecule has 0 aliphatic carbocycles. The number of hydrazine groups is 1. The summed E-state index contributed by atoms with van der Waals surface area (Å²) in [5.41, 5.74) is 9.90. The van der Waals surface area contributed by atoms with Crippen molar-refractivity contribution in [2.45, 2.75) is 6.04 Å². The highest BCUT2D eigenvalue weighted by molar-refractivity contribution is 5.51. The molecule has 3 nitrogen and oxygen atoms in total. The molecule has 0 aliphatic rings. The van der Waals surface area contributed by atoms with E-state index in [1.54, 1.807) is 24.3 Å². The molecule has 0 radical (unpaired) electrons. The minimum Gasteiger partial charge on any atom is -0.398 e. The van der Waals surface area contributed by atoms with Crippen molar-refractivity contribution in [1.29, 1.82) is 0 Å². The molecule has 0 saturated heterocycles. The van der Waals surface area contributed by atoms with E-state index in [1.165, 1.54) is 12.1 Å². The first-order valence-corrected chi connectivity index (χ1v) is 5.38. The van der Waals surface area contributed by atoms with Crippen molar-refractivity contribution < 1.29 is 8.78 Å². The van der Waals surface area contributed by atoms with Crippen LogP contribution in [0.15, 0.2) is 42.5 Å². The minimum absolute atomic E-state index is 0.382. The summed E-state index contributed by atoms with van der Waals surface area (Å²) in [6, 6.07) is 9.71. The molecule has 2 rings (SSSR count). The van der Waals surface area contributed by atoms with Crippen LogP contribution in [0.2, 0.25) is 0 Å². The fourth-order valence-electron chi connectivity index (χ4n) is 1.88. The summed E-state index contributed by atoms with van der Waals surface area (Å²) in [4.78, 5) is 0. The topological polar surface area (TPSA) is 64.1 Å². The Morgan fingerprint density at radius 3 is 2.17 bits per heavy atom. The van der Waals surface area contributed by atoms with E-state index < -0.39 is 17.7 Å². The van der Waals surface area contributed by atoms with Gasteiger partial charge in [0.2, 0.25) is 0 Å². The molecule has 0 spiro atoms. The van der Waals surface area contributed by atoms with E-state index in [2.05, 4.69) is 5.43 Å². The van der Waals surface area contributed by atoms with E-state index in [0.29, 0.717) is 16.8 Å². The van der Waals surface area contributed by atoms with E-state index in [4.69, 9.17) is 11.6 Å². The second kappa shape index (κ2) is 5.12. The van der Waals surface area contributed by atoms with Crippen LogP contribution in [0, 0.1) is 11.6 Å². The predicted molar refractivity (Wildman–Crippen MR) is 66.4 cm³/mol. The Bertz CT molecular complexity index is 537. The fraction of sp³-hybridized carbons (Fsp3) is 0.0769. The van der Waals surface area contributed by atoms with Crippen molar-refractivity contribution in [3.63, 3.8) is 0 Å². The van der Waals surface area contributed by atoms with Crippen LogP contribution in [0.3, 0.4) is 0 Å². The number of rotatable bonds is 3. The van der Waals surface area contributed by atoms with Gasteiger partial charge in [0.25, 0.3) is 0 Å². The first-order valence-electron chi connectivity index (χ1n) is 5.38. The summed E-state index contributed by atoms with van der Waals surface area (Å²) in [5, 5.41) is 0. The molecule has 5 heteroatoms. The van der Waals surface area contributed by atoms with Gasteiger partial charge in [0.1, 0.15) is 11.6 Å². The number of nitrogens with one attached hydrogen (secondary N) is 1. The van der Waals surface area contributed by atoms with Gasteiger partial charge in [-0.25, -0.2) is 14.2 Å². The zero-order chi connectivity index (χ0) is 13.1. The van der Waals surface area contributed by atoms with Crippen LogP contribution in [0.25, 0.3) is 0 Å². The summed E-state index contributed by atoms with van der Waals surface area (Å²) < 4.78 is 26.4. The number of hydrogen-bond acceptors (Lipinski definition) is 3. The average Bonchev–Trinajstić information content (AvgIpc) is 2.31. The number of hydrogen-bond donors (Lipinski definition) is 3. The molecule has 0 aliphatic heterocycles. The molecule has 0 fully saturated rings. The number of halogens is 2. The third-order valence-electron chi connectivity index (χ3n) is 2.69. The molecule has 2 aromatic rings. The maximum atomic E-state index is 13.2. The zero-order valence-electron chi connectivity index (χ0n) is 9.53.